The number of anilines is 3. The summed E-state index contributed by atoms with van der Waals surface area (Å²) in [4.78, 5) is 24.0. The van der Waals surface area contributed by atoms with Crippen LogP contribution in [0.3, 0.4) is 0 Å². The molecule has 1 fully saturated rings. The number of nitrogens with zero attached hydrogens (tertiary/aromatic N) is 5. The normalized spacial score (nSPS) is 15.5. The highest BCUT2D eigenvalue weighted by Crippen LogP contribution is 2.27. The van der Waals surface area contributed by atoms with Crippen molar-refractivity contribution >= 4 is 23.4 Å². The fourth-order valence-corrected chi connectivity index (χ4v) is 5.10. The maximum absolute atomic E-state index is 13.5. The van der Waals surface area contributed by atoms with Crippen molar-refractivity contribution < 1.29 is 13.9 Å². The topological polar surface area (TPSA) is 109 Å². The van der Waals surface area contributed by atoms with E-state index in [4.69, 9.17) is 4.74 Å². The van der Waals surface area contributed by atoms with Gasteiger partial charge in [0.25, 0.3) is 0 Å². The van der Waals surface area contributed by atoms with Gasteiger partial charge >= 0.3 is 6.03 Å². The molecule has 3 heterocycles. The van der Waals surface area contributed by atoms with E-state index in [1.807, 2.05) is 26.8 Å². The van der Waals surface area contributed by atoms with Crippen LogP contribution in [0.15, 0.2) is 67.0 Å². The molecule has 10 nitrogen and oxygen atoms in total. The molecule has 0 radical (unpaired) electrons. The van der Waals surface area contributed by atoms with Gasteiger partial charge in [-0.2, -0.15) is 5.10 Å². The molecule has 0 spiro atoms. The van der Waals surface area contributed by atoms with E-state index in [1.165, 1.54) is 44.3 Å². The molecule has 1 aliphatic heterocycles. The quantitative estimate of drug-likeness (QED) is 0.165. The molecule has 5 rings (SSSR count). The first-order valence-corrected chi connectivity index (χ1v) is 15.2. The number of carbonyl (C=O) groups is 1. The standard InChI is InChI=1S/C33H41FN8O2/c1-23-8-5-6-18-41(23)19-7-17-35-29-21-31(37-22-36-29)44-27-15-11-25(12-16-27)38-32(43)39-30-20-28(33(2,3)4)40-42(30)26-13-9-24(34)10-14-26/h9-16,20-23H,5-8,17-19H2,1-4H3,(H,35,36,37)(H2,38,39,43). The number of halogens is 1. The Morgan fingerprint density at radius 3 is 2.52 bits per heavy atom. The number of carbonyl (C=O) groups excluding carboxylic acids is 1. The van der Waals surface area contributed by atoms with Crippen LogP contribution in [0.5, 0.6) is 11.6 Å². The highest BCUT2D eigenvalue weighted by Gasteiger charge is 2.22. The first-order valence-electron chi connectivity index (χ1n) is 15.2. The molecule has 2 amide bonds. The highest BCUT2D eigenvalue weighted by atomic mass is 19.1. The van der Waals surface area contributed by atoms with Crippen molar-refractivity contribution in [3.63, 3.8) is 0 Å². The minimum Gasteiger partial charge on any atom is -0.439 e. The lowest BCUT2D eigenvalue weighted by atomic mass is 9.92. The SMILES string of the molecule is CC1CCCCN1CCCNc1cc(Oc2ccc(NC(=O)Nc3cc(C(C)(C)C)nn3-c3ccc(F)cc3)cc2)ncn1. The average Bonchev–Trinajstić information content (AvgIpc) is 3.42. The second kappa shape index (κ2) is 13.9. The smallest absolute Gasteiger partial charge is 0.324 e. The molecule has 0 saturated carbocycles. The van der Waals surface area contributed by atoms with Gasteiger partial charge < -0.3 is 20.3 Å². The first kappa shape index (κ1) is 30.9. The van der Waals surface area contributed by atoms with Crippen LogP contribution >= 0.6 is 0 Å². The Kier molecular flexibility index (Phi) is 9.74. The van der Waals surface area contributed by atoms with Crippen LogP contribution in [0.4, 0.5) is 26.5 Å². The van der Waals surface area contributed by atoms with Crippen molar-refractivity contribution in [3.05, 3.63) is 78.5 Å². The Bertz CT molecular complexity index is 1530. The van der Waals surface area contributed by atoms with Gasteiger partial charge in [-0.15, -0.1) is 0 Å². The Balaban J connectivity index is 1.15. The molecule has 2 aromatic carbocycles. The van der Waals surface area contributed by atoms with Crippen molar-refractivity contribution in [2.45, 2.75) is 64.8 Å². The van der Waals surface area contributed by atoms with Crippen LogP contribution in [0, 0.1) is 5.82 Å². The lowest BCUT2D eigenvalue weighted by Gasteiger charge is -2.33. The summed E-state index contributed by atoms with van der Waals surface area (Å²) in [6.07, 6.45) is 6.43. The third-order valence-corrected chi connectivity index (χ3v) is 7.64. The minimum atomic E-state index is -0.441. The third kappa shape index (κ3) is 8.31. The summed E-state index contributed by atoms with van der Waals surface area (Å²) >= 11 is 0. The lowest BCUT2D eigenvalue weighted by Crippen LogP contribution is -2.38. The average molecular weight is 601 g/mol. The lowest BCUT2D eigenvalue weighted by molar-refractivity contribution is 0.160. The number of hydrogen-bond donors (Lipinski definition) is 3. The summed E-state index contributed by atoms with van der Waals surface area (Å²) in [6.45, 7) is 11.5. The third-order valence-electron chi connectivity index (χ3n) is 7.64. The minimum absolute atomic E-state index is 0.250. The number of aromatic nitrogens is 4. The number of ether oxygens (including phenoxy) is 1. The first-order chi connectivity index (χ1) is 21.1. The number of hydrogen-bond acceptors (Lipinski definition) is 7. The molecule has 2 aromatic heterocycles. The summed E-state index contributed by atoms with van der Waals surface area (Å²) in [5.74, 6) is 1.83. The Morgan fingerprint density at radius 2 is 1.80 bits per heavy atom. The van der Waals surface area contributed by atoms with E-state index in [1.54, 1.807) is 47.1 Å². The summed E-state index contributed by atoms with van der Waals surface area (Å²) in [5.41, 5.74) is 1.75. The second-order valence-electron chi connectivity index (χ2n) is 12.2. The van der Waals surface area contributed by atoms with Crippen LogP contribution in [-0.2, 0) is 5.41 Å². The molecule has 0 bridgehead atoms. The molecule has 44 heavy (non-hydrogen) atoms. The van der Waals surface area contributed by atoms with Crippen LogP contribution in [0.1, 0.15) is 59.1 Å². The van der Waals surface area contributed by atoms with E-state index >= 15 is 0 Å². The van der Waals surface area contributed by atoms with Crippen molar-refractivity contribution in [2.24, 2.45) is 0 Å². The fourth-order valence-electron chi connectivity index (χ4n) is 5.10. The second-order valence-corrected chi connectivity index (χ2v) is 12.2. The van der Waals surface area contributed by atoms with Gasteiger partial charge in [0.05, 0.1) is 11.4 Å². The van der Waals surface area contributed by atoms with Crippen LogP contribution < -0.4 is 20.7 Å². The van der Waals surface area contributed by atoms with E-state index < -0.39 is 6.03 Å². The molecule has 1 atom stereocenters. The number of amides is 2. The zero-order chi connectivity index (χ0) is 31.1. The van der Waals surface area contributed by atoms with Gasteiger partial charge in [-0.05, 0) is 81.3 Å². The fraction of sp³-hybridized carbons (Fsp3) is 0.394. The van der Waals surface area contributed by atoms with Crippen molar-refractivity contribution in [1.82, 2.24) is 24.6 Å². The largest absolute Gasteiger partial charge is 0.439 e. The summed E-state index contributed by atoms with van der Waals surface area (Å²) in [6, 6.07) is 16.8. The molecule has 232 valence electrons. The van der Waals surface area contributed by atoms with Gasteiger partial charge in [-0.1, -0.05) is 27.2 Å². The summed E-state index contributed by atoms with van der Waals surface area (Å²) in [5, 5.41) is 13.7. The molecule has 4 aromatic rings. The predicted molar refractivity (Wildman–Crippen MR) is 171 cm³/mol. The number of rotatable bonds is 10. The van der Waals surface area contributed by atoms with Crippen LogP contribution in [0.25, 0.3) is 5.69 Å². The molecule has 1 saturated heterocycles. The van der Waals surface area contributed by atoms with Crippen LogP contribution in [-0.4, -0.2) is 56.4 Å². The van der Waals surface area contributed by atoms with E-state index in [9.17, 15) is 9.18 Å². The zero-order valence-corrected chi connectivity index (χ0v) is 25.8. The van der Waals surface area contributed by atoms with Gasteiger partial charge in [0.2, 0.25) is 5.88 Å². The van der Waals surface area contributed by atoms with E-state index in [-0.39, 0.29) is 11.2 Å². The summed E-state index contributed by atoms with van der Waals surface area (Å²) in [7, 11) is 0. The van der Waals surface area contributed by atoms with Gasteiger partial charge in [0.15, 0.2) is 0 Å². The van der Waals surface area contributed by atoms with Crippen molar-refractivity contribution in [3.8, 4) is 17.3 Å². The number of urea groups is 1. The molecular formula is C33H41FN8O2. The molecular weight excluding hydrogens is 559 g/mol. The van der Waals surface area contributed by atoms with E-state index in [0.29, 0.717) is 40.7 Å². The van der Waals surface area contributed by atoms with Gasteiger partial charge in [0.1, 0.15) is 29.5 Å². The van der Waals surface area contributed by atoms with E-state index in [0.717, 1.165) is 25.2 Å². The number of nitrogens with one attached hydrogen (secondary N) is 3. The maximum atomic E-state index is 13.5. The van der Waals surface area contributed by atoms with E-state index in [2.05, 4.69) is 42.8 Å². The van der Waals surface area contributed by atoms with Crippen LogP contribution in [0.2, 0.25) is 0 Å². The molecule has 3 N–H and O–H groups in total. The predicted octanol–water partition coefficient (Wildman–Crippen LogP) is 7.21. The van der Waals surface area contributed by atoms with Gasteiger partial charge in [-0.25, -0.2) is 23.8 Å². The van der Waals surface area contributed by atoms with Crippen molar-refractivity contribution in [1.29, 1.82) is 0 Å². The zero-order valence-electron chi connectivity index (χ0n) is 25.8. The molecule has 11 heteroatoms. The van der Waals surface area contributed by atoms with Gasteiger partial charge in [-0.3, -0.25) is 5.32 Å². The molecule has 1 aliphatic rings. The molecule has 1 unspecified atom stereocenters. The van der Waals surface area contributed by atoms with Gasteiger partial charge in [0, 0.05) is 42.4 Å². The Morgan fingerprint density at radius 1 is 1.02 bits per heavy atom. The number of likely N-dealkylation sites (tertiary alicyclic amines) is 1. The monoisotopic (exact) mass is 600 g/mol. The highest BCUT2D eigenvalue weighted by molar-refractivity contribution is 5.99. The maximum Gasteiger partial charge on any atom is 0.324 e. The Labute approximate surface area is 258 Å². The summed E-state index contributed by atoms with van der Waals surface area (Å²) < 4.78 is 21.0. The molecule has 0 aliphatic carbocycles. The Hall–Kier alpha value is -4.51. The number of benzene rings is 2. The number of piperidine rings is 1. The van der Waals surface area contributed by atoms with Crippen molar-refractivity contribution in [2.75, 3.05) is 35.6 Å².